The summed E-state index contributed by atoms with van der Waals surface area (Å²) in [4.78, 5) is 86.3. The van der Waals surface area contributed by atoms with Crippen molar-refractivity contribution < 1.29 is 28.8 Å². The summed E-state index contributed by atoms with van der Waals surface area (Å²) in [5.74, 6) is -2.68. The fourth-order valence-electron chi connectivity index (χ4n) is 9.09. The molecule has 5 amide bonds. The standard InChI is InChI=1S/C36H52N6O6/c1-4-10-24(29(43)34(47)38-22-16-17-22)39-32(45)26-19-21-13-8-14-23-28(21)42(26)35(48)30(36(23,2)3)41-33(46)27(20-11-6-5-7-12-20)40-31(44)25-15-9-18-37-25/h9,15,18,20-24,26-28,30,37H,4-8,10-14,16-17,19H2,1-3H3,(H,38,47)(H,39,45)(H,40,44)(H,41,46)/t21-,23?,24-,26-,27-,28+,30+/m0/s1. The summed E-state index contributed by atoms with van der Waals surface area (Å²) in [6.07, 6.45) is 12.1. The molecule has 1 aromatic heterocycles. The van der Waals surface area contributed by atoms with Gasteiger partial charge < -0.3 is 31.2 Å². The normalized spacial score (nSPS) is 29.3. The van der Waals surface area contributed by atoms with Gasteiger partial charge in [0.05, 0.1) is 6.04 Å². The molecule has 262 valence electrons. The zero-order valence-electron chi connectivity index (χ0n) is 28.5. The van der Waals surface area contributed by atoms with Gasteiger partial charge in [-0.25, -0.2) is 0 Å². The molecule has 0 aromatic carbocycles. The molecule has 0 spiro atoms. The molecule has 5 N–H and O–H groups in total. The molecule has 3 heterocycles. The highest BCUT2D eigenvalue weighted by atomic mass is 16.2. The van der Waals surface area contributed by atoms with Crippen molar-refractivity contribution in [1.29, 1.82) is 0 Å². The van der Waals surface area contributed by atoms with Crippen molar-refractivity contribution >= 4 is 35.3 Å². The smallest absolute Gasteiger partial charge is 0.289 e. The van der Waals surface area contributed by atoms with Crippen molar-refractivity contribution in [3.8, 4) is 0 Å². The third-order valence-electron chi connectivity index (χ3n) is 11.8. The molecule has 0 radical (unpaired) electrons. The second kappa shape index (κ2) is 14.0. The lowest BCUT2D eigenvalue weighted by atomic mass is 9.60. The van der Waals surface area contributed by atoms with Gasteiger partial charge in [-0.3, -0.25) is 28.8 Å². The van der Waals surface area contributed by atoms with Crippen molar-refractivity contribution in [2.24, 2.45) is 23.2 Å². The van der Waals surface area contributed by atoms with E-state index in [1.54, 1.807) is 23.2 Å². The molecule has 0 bridgehead atoms. The number of nitrogens with one attached hydrogen (secondary N) is 5. The molecule has 6 rings (SSSR count). The van der Waals surface area contributed by atoms with Gasteiger partial charge in [0.25, 0.3) is 11.8 Å². The van der Waals surface area contributed by atoms with Crippen LogP contribution in [0.15, 0.2) is 18.3 Å². The van der Waals surface area contributed by atoms with Gasteiger partial charge in [-0.05, 0) is 86.7 Å². The monoisotopic (exact) mass is 664 g/mol. The Labute approximate surface area is 282 Å². The molecule has 3 saturated carbocycles. The van der Waals surface area contributed by atoms with Crippen molar-refractivity contribution in [2.45, 2.75) is 140 Å². The predicted molar refractivity (Wildman–Crippen MR) is 177 cm³/mol. The van der Waals surface area contributed by atoms with E-state index in [2.05, 4.69) is 26.3 Å². The maximum Gasteiger partial charge on any atom is 0.289 e. The number of rotatable bonds is 12. The Morgan fingerprint density at radius 3 is 2.38 bits per heavy atom. The molecule has 2 aliphatic heterocycles. The minimum atomic E-state index is -0.967. The molecule has 3 aliphatic carbocycles. The molecule has 1 unspecified atom stereocenters. The van der Waals surface area contributed by atoms with E-state index in [0.29, 0.717) is 25.0 Å². The summed E-state index contributed by atoms with van der Waals surface area (Å²) >= 11 is 0. The second-order valence-corrected chi connectivity index (χ2v) is 15.4. The van der Waals surface area contributed by atoms with E-state index in [4.69, 9.17) is 0 Å². The lowest BCUT2D eigenvalue weighted by Gasteiger charge is -2.55. The quantitative estimate of drug-likeness (QED) is 0.215. The number of aromatic amines is 1. The van der Waals surface area contributed by atoms with Gasteiger partial charge in [0.1, 0.15) is 23.8 Å². The first-order chi connectivity index (χ1) is 23.0. The van der Waals surface area contributed by atoms with Crippen LogP contribution in [0.2, 0.25) is 0 Å². The topological polar surface area (TPSA) is 170 Å². The fraction of sp³-hybridized carbons (Fsp3) is 0.722. The largest absolute Gasteiger partial charge is 0.357 e. The van der Waals surface area contributed by atoms with Crippen LogP contribution in [0, 0.1) is 23.2 Å². The van der Waals surface area contributed by atoms with Crippen LogP contribution in [-0.4, -0.2) is 81.5 Å². The van der Waals surface area contributed by atoms with Crippen molar-refractivity contribution in [1.82, 2.24) is 31.2 Å². The maximum absolute atomic E-state index is 14.6. The number of amides is 5. The molecule has 5 fully saturated rings. The zero-order chi connectivity index (χ0) is 34.2. The SMILES string of the molecule is CCC[C@H](NC(=O)[C@@H]1C[C@@H]2CCCC3[C@@H]2N1C(=O)[C@@H](NC(=O)[C@@H](NC(=O)c1ccc[nH]1)C1CCCCC1)C3(C)C)C(=O)C(=O)NC1CC1. The summed E-state index contributed by atoms with van der Waals surface area (Å²) < 4.78 is 0. The van der Waals surface area contributed by atoms with Crippen LogP contribution in [0.3, 0.4) is 0 Å². The molecule has 12 nitrogen and oxygen atoms in total. The molecule has 7 atom stereocenters. The number of ketones is 1. The Morgan fingerprint density at radius 2 is 1.71 bits per heavy atom. The Bertz CT molecular complexity index is 1400. The van der Waals surface area contributed by atoms with Crippen LogP contribution in [0.1, 0.15) is 115 Å². The highest BCUT2D eigenvalue weighted by Crippen LogP contribution is 2.54. The van der Waals surface area contributed by atoms with Gasteiger partial charge in [-0.15, -0.1) is 0 Å². The third kappa shape index (κ3) is 6.76. The Morgan fingerprint density at radius 1 is 0.958 bits per heavy atom. The molecular weight excluding hydrogens is 612 g/mol. The van der Waals surface area contributed by atoms with Gasteiger partial charge in [0, 0.05) is 18.3 Å². The third-order valence-corrected chi connectivity index (χ3v) is 11.8. The first-order valence-electron chi connectivity index (χ1n) is 18.2. The van der Waals surface area contributed by atoms with E-state index >= 15 is 0 Å². The Kier molecular flexibility index (Phi) is 9.99. The number of carbonyl (C=O) groups excluding carboxylic acids is 6. The van der Waals surface area contributed by atoms with Crippen LogP contribution in [0.5, 0.6) is 0 Å². The first kappa shape index (κ1) is 34.2. The van der Waals surface area contributed by atoms with E-state index in [1.165, 1.54) is 0 Å². The average Bonchev–Trinajstić information content (AvgIpc) is 3.54. The van der Waals surface area contributed by atoms with E-state index in [9.17, 15) is 28.8 Å². The summed E-state index contributed by atoms with van der Waals surface area (Å²) in [5.41, 5.74) is -0.232. The number of carbonyl (C=O) groups is 6. The summed E-state index contributed by atoms with van der Waals surface area (Å²) in [7, 11) is 0. The molecule has 12 heteroatoms. The Hall–Kier alpha value is -3.70. The fourth-order valence-corrected chi connectivity index (χ4v) is 9.09. The highest BCUT2D eigenvalue weighted by Gasteiger charge is 2.62. The van der Waals surface area contributed by atoms with E-state index in [0.717, 1.165) is 64.2 Å². The number of H-pyrrole nitrogens is 1. The molecular formula is C36H52N6O6. The van der Waals surface area contributed by atoms with Crippen LogP contribution in [0.25, 0.3) is 0 Å². The van der Waals surface area contributed by atoms with Crippen LogP contribution >= 0.6 is 0 Å². The number of hydrogen-bond acceptors (Lipinski definition) is 6. The zero-order valence-corrected chi connectivity index (χ0v) is 28.5. The second-order valence-electron chi connectivity index (χ2n) is 15.4. The predicted octanol–water partition coefficient (Wildman–Crippen LogP) is 2.74. The van der Waals surface area contributed by atoms with Crippen LogP contribution < -0.4 is 21.3 Å². The molecule has 2 saturated heterocycles. The minimum Gasteiger partial charge on any atom is -0.357 e. The Balaban J connectivity index is 1.23. The van der Waals surface area contributed by atoms with E-state index in [1.807, 2.05) is 20.8 Å². The highest BCUT2D eigenvalue weighted by molar-refractivity contribution is 6.38. The van der Waals surface area contributed by atoms with Crippen molar-refractivity contribution in [3.63, 3.8) is 0 Å². The summed E-state index contributed by atoms with van der Waals surface area (Å²) in [5, 5.41) is 11.7. The lowest BCUT2D eigenvalue weighted by Crippen LogP contribution is -2.70. The number of piperidine rings is 1. The summed E-state index contributed by atoms with van der Waals surface area (Å²) in [6.45, 7) is 5.97. The minimum absolute atomic E-state index is 0.0234. The van der Waals surface area contributed by atoms with Gasteiger partial charge in [0.15, 0.2) is 0 Å². The average molecular weight is 665 g/mol. The van der Waals surface area contributed by atoms with Gasteiger partial charge >= 0.3 is 0 Å². The first-order valence-corrected chi connectivity index (χ1v) is 18.2. The number of aromatic nitrogens is 1. The summed E-state index contributed by atoms with van der Waals surface area (Å²) in [6, 6.07) is -0.204. The van der Waals surface area contributed by atoms with E-state index < -0.39 is 47.2 Å². The lowest BCUT2D eigenvalue weighted by molar-refractivity contribution is -0.160. The van der Waals surface area contributed by atoms with E-state index in [-0.39, 0.29) is 47.6 Å². The molecule has 5 aliphatic rings. The molecule has 48 heavy (non-hydrogen) atoms. The number of nitrogens with zero attached hydrogens (tertiary/aromatic N) is 1. The van der Waals surface area contributed by atoms with Gasteiger partial charge in [-0.1, -0.05) is 52.9 Å². The van der Waals surface area contributed by atoms with Crippen LogP contribution in [-0.2, 0) is 24.0 Å². The molecule has 1 aromatic rings. The van der Waals surface area contributed by atoms with Crippen LogP contribution in [0.4, 0.5) is 0 Å². The van der Waals surface area contributed by atoms with Gasteiger partial charge in [-0.2, -0.15) is 0 Å². The van der Waals surface area contributed by atoms with Crippen molar-refractivity contribution in [3.05, 3.63) is 24.0 Å². The van der Waals surface area contributed by atoms with Gasteiger partial charge in [0.2, 0.25) is 23.5 Å². The number of hydrogen-bond donors (Lipinski definition) is 5. The van der Waals surface area contributed by atoms with Crippen molar-refractivity contribution in [2.75, 3.05) is 0 Å². The number of Topliss-reactive ketones (excluding diaryl/α,β-unsaturated/α-hetero) is 1. The maximum atomic E-state index is 14.6.